The molecule has 3 heterocycles. The molecule has 0 aliphatic carbocycles. The second-order valence-corrected chi connectivity index (χ2v) is 8.10. The fourth-order valence-electron chi connectivity index (χ4n) is 3.28. The van der Waals surface area contributed by atoms with E-state index >= 15 is 0 Å². The molecule has 0 aliphatic rings. The predicted octanol–water partition coefficient (Wildman–Crippen LogP) is 0.745. The number of carbonyl (C=O) groups excluding carboxylic acids is 1. The summed E-state index contributed by atoms with van der Waals surface area (Å²) in [7, 11) is 1.82. The van der Waals surface area contributed by atoms with Crippen LogP contribution < -0.4 is 21.7 Å². The summed E-state index contributed by atoms with van der Waals surface area (Å²) in [6, 6.07) is 6.94. The summed E-state index contributed by atoms with van der Waals surface area (Å²) in [5.41, 5.74) is 13.7. The largest absolute Gasteiger partial charge is 0.481 e. The maximum atomic E-state index is 12.4. The predicted molar refractivity (Wildman–Crippen MR) is 140 cm³/mol. The molecule has 1 amide bonds. The maximum Gasteiger partial charge on any atom is 0.326 e. The molecule has 1 aromatic carbocycles. The third-order valence-electron chi connectivity index (χ3n) is 5.20. The van der Waals surface area contributed by atoms with Gasteiger partial charge in [-0.25, -0.2) is 24.7 Å². The quantitative estimate of drug-likeness (QED) is 0.199. The van der Waals surface area contributed by atoms with E-state index in [0.717, 1.165) is 5.69 Å². The normalized spacial score (nSPS) is 11.1. The molecule has 7 N–H and O–H groups in total. The van der Waals surface area contributed by atoms with Crippen LogP contribution in [0.3, 0.4) is 0 Å². The molecule has 1 atom stereocenters. The number of carbonyl (C=O) groups is 3. The average Bonchev–Trinajstić information content (AvgIpc) is 2.92. The highest BCUT2D eigenvalue weighted by atomic mass is 16.4. The minimum Gasteiger partial charge on any atom is -0.481 e. The molecule has 0 fully saturated rings. The molecule has 202 valence electrons. The number of hydrogen-bond acceptors (Lipinski definition) is 12. The van der Waals surface area contributed by atoms with Crippen LogP contribution in [0, 0.1) is 0 Å². The van der Waals surface area contributed by atoms with Crippen molar-refractivity contribution in [2.75, 3.05) is 23.4 Å². The lowest BCUT2D eigenvalue weighted by molar-refractivity contribution is -0.140. The van der Waals surface area contributed by atoms with Gasteiger partial charge in [0.2, 0.25) is 5.95 Å². The van der Waals surface area contributed by atoms with Crippen LogP contribution in [0.5, 0.6) is 0 Å². The highest BCUT2D eigenvalue weighted by Gasteiger charge is 2.21. The molecular formula is C24H26N10O5. The summed E-state index contributed by atoms with van der Waals surface area (Å²) in [5.74, 6) is -2.91. The Morgan fingerprint density at radius 1 is 1.03 bits per heavy atom. The molecule has 0 saturated carbocycles. The van der Waals surface area contributed by atoms with Crippen LogP contribution in [0.25, 0.3) is 11.2 Å². The van der Waals surface area contributed by atoms with Gasteiger partial charge in [0.1, 0.15) is 12.4 Å². The molecule has 0 unspecified atom stereocenters. The van der Waals surface area contributed by atoms with Gasteiger partial charge >= 0.3 is 11.9 Å². The fraction of sp³-hybridized carbons (Fsp3) is 0.208. The number of nitrogen functional groups attached to an aromatic ring is 2. The van der Waals surface area contributed by atoms with E-state index in [2.05, 4.69) is 35.2 Å². The zero-order chi connectivity index (χ0) is 28.4. The van der Waals surface area contributed by atoms with E-state index in [4.69, 9.17) is 16.6 Å². The summed E-state index contributed by atoms with van der Waals surface area (Å²) in [4.78, 5) is 60.0. The van der Waals surface area contributed by atoms with Crippen molar-refractivity contribution >= 4 is 46.5 Å². The number of nitrogens with one attached hydrogen (secondary N) is 1. The number of benzene rings is 1. The Labute approximate surface area is 222 Å². The molecule has 0 radical (unpaired) electrons. The molecular weight excluding hydrogens is 508 g/mol. The Morgan fingerprint density at radius 3 is 2.28 bits per heavy atom. The van der Waals surface area contributed by atoms with Crippen molar-refractivity contribution in [3.63, 3.8) is 0 Å². The number of anilines is 3. The van der Waals surface area contributed by atoms with Gasteiger partial charge in [0.15, 0.2) is 17.0 Å². The molecule has 4 aromatic rings. The van der Waals surface area contributed by atoms with E-state index in [1.807, 2.05) is 11.9 Å². The molecule has 15 nitrogen and oxygen atoms in total. The van der Waals surface area contributed by atoms with Gasteiger partial charge < -0.3 is 31.9 Å². The molecule has 0 bridgehead atoms. The van der Waals surface area contributed by atoms with Crippen molar-refractivity contribution in [1.29, 1.82) is 0 Å². The van der Waals surface area contributed by atoms with Crippen molar-refractivity contribution in [3.8, 4) is 0 Å². The smallest absolute Gasteiger partial charge is 0.326 e. The second-order valence-electron chi connectivity index (χ2n) is 8.10. The van der Waals surface area contributed by atoms with Crippen LogP contribution in [-0.4, -0.2) is 71.1 Å². The highest BCUT2D eigenvalue weighted by molar-refractivity contribution is 5.97. The van der Waals surface area contributed by atoms with E-state index in [-0.39, 0.29) is 30.2 Å². The van der Waals surface area contributed by atoms with Gasteiger partial charge in [-0.3, -0.25) is 9.59 Å². The van der Waals surface area contributed by atoms with Crippen molar-refractivity contribution in [2.45, 2.75) is 25.4 Å². The Morgan fingerprint density at radius 2 is 1.72 bits per heavy atom. The maximum absolute atomic E-state index is 12.4. The first-order valence-electron chi connectivity index (χ1n) is 11.4. The summed E-state index contributed by atoms with van der Waals surface area (Å²) in [5, 5.41) is 20.2. The fourth-order valence-corrected chi connectivity index (χ4v) is 3.28. The molecule has 3 aromatic heterocycles. The zero-order valence-corrected chi connectivity index (χ0v) is 20.8. The highest BCUT2D eigenvalue weighted by Crippen LogP contribution is 2.19. The van der Waals surface area contributed by atoms with Crippen LogP contribution in [0.4, 0.5) is 17.5 Å². The standard InChI is InChI=1S/C20H22N8O5.C4H4N2/c1-28(9-11-8-23-17-15(24-11)16(21)26-20(22)27-17)12-4-2-10(3-5-12)18(31)25-13(19(32)33)6-7-14(29)30;1-2-5-4-6-3-1/h2-5,8,13H,6-7,9H2,1H3,(H,25,31)(H,29,30)(H,32,33)(H4,21,22,23,26,27);1-4H/t13-;/m0./s1. The minimum atomic E-state index is -1.30. The van der Waals surface area contributed by atoms with Gasteiger partial charge in [-0.2, -0.15) is 9.97 Å². The molecule has 39 heavy (non-hydrogen) atoms. The summed E-state index contributed by atoms with van der Waals surface area (Å²) in [6.07, 6.45) is 5.84. The molecule has 0 aliphatic heterocycles. The van der Waals surface area contributed by atoms with Gasteiger partial charge in [-0.05, 0) is 36.8 Å². The molecule has 15 heteroatoms. The number of aliphatic carboxylic acids is 2. The Bertz CT molecular complexity index is 1410. The lowest BCUT2D eigenvalue weighted by atomic mass is 10.1. The van der Waals surface area contributed by atoms with Crippen LogP contribution >= 0.6 is 0 Å². The summed E-state index contributed by atoms with van der Waals surface area (Å²) < 4.78 is 0. The second kappa shape index (κ2) is 13.2. The third-order valence-corrected chi connectivity index (χ3v) is 5.20. The van der Waals surface area contributed by atoms with E-state index < -0.39 is 23.9 Å². The van der Waals surface area contributed by atoms with Crippen molar-refractivity contribution in [2.24, 2.45) is 0 Å². The number of nitrogens with zero attached hydrogens (tertiary/aromatic N) is 7. The van der Waals surface area contributed by atoms with Gasteiger partial charge in [-0.1, -0.05) is 0 Å². The number of aromatic nitrogens is 6. The number of hydrogen-bond donors (Lipinski definition) is 5. The van der Waals surface area contributed by atoms with Crippen molar-refractivity contribution in [3.05, 3.63) is 66.5 Å². The van der Waals surface area contributed by atoms with Crippen LogP contribution in [0.15, 0.2) is 55.2 Å². The molecule has 0 spiro atoms. The first kappa shape index (κ1) is 28.1. The summed E-state index contributed by atoms with van der Waals surface area (Å²) >= 11 is 0. The minimum absolute atomic E-state index is 0.0138. The van der Waals surface area contributed by atoms with Crippen LogP contribution in [0.2, 0.25) is 0 Å². The van der Waals surface area contributed by atoms with E-state index in [1.54, 1.807) is 36.8 Å². The Hall–Kier alpha value is -5.47. The van der Waals surface area contributed by atoms with E-state index in [9.17, 15) is 19.5 Å². The lowest BCUT2D eigenvalue weighted by Gasteiger charge is -2.19. The number of carboxylic acids is 2. The number of nitrogens with two attached hydrogens (primary N) is 2. The Kier molecular flexibility index (Phi) is 9.50. The number of rotatable bonds is 9. The molecule has 4 rings (SSSR count). The topological polar surface area (TPSA) is 236 Å². The van der Waals surface area contributed by atoms with Gasteiger partial charge in [-0.15, -0.1) is 0 Å². The number of fused-ring (bicyclic) bond motifs is 1. The van der Waals surface area contributed by atoms with Gasteiger partial charge in [0.05, 0.1) is 18.4 Å². The zero-order valence-electron chi connectivity index (χ0n) is 20.8. The van der Waals surface area contributed by atoms with Gasteiger partial charge in [0.25, 0.3) is 5.91 Å². The number of amides is 1. The van der Waals surface area contributed by atoms with E-state index in [1.165, 1.54) is 18.5 Å². The van der Waals surface area contributed by atoms with E-state index in [0.29, 0.717) is 23.4 Å². The first-order chi connectivity index (χ1) is 18.6. The lowest BCUT2D eigenvalue weighted by Crippen LogP contribution is -2.41. The monoisotopic (exact) mass is 534 g/mol. The Balaban J connectivity index is 0.000000617. The SMILES string of the molecule is CN(Cc1cnc2nc(N)nc(N)c2n1)c1ccc(C(=O)N[C@@H](CCC(=O)O)C(=O)O)cc1.c1cncnc1. The number of carboxylic acid groups (broad SMARTS) is 2. The summed E-state index contributed by atoms with van der Waals surface area (Å²) in [6.45, 7) is 0.370. The first-order valence-corrected chi connectivity index (χ1v) is 11.4. The third kappa shape index (κ3) is 8.28. The van der Waals surface area contributed by atoms with Crippen LogP contribution in [0.1, 0.15) is 28.9 Å². The van der Waals surface area contributed by atoms with Gasteiger partial charge in [0, 0.05) is 37.1 Å². The van der Waals surface area contributed by atoms with Crippen molar-refractivity contribution in [1.82, 2.24) is 35.2 Å². The van der Waals surface area contributed by atoms with Crippen molar-refractivity contribution < 1.29 is 24.6 Å². The van der Waals surface area contributed by atoms with Crippen LogP contribution in [-0.2, 0) is 16.1 Å². The average molecular weight is 535 g/mol. The molecule has 0 saturated heterocycles.